The van der Waals surface area contributed by atoms with Crippen LogP contribution >= 0.6 is 0 Å². The van der Waals surface area contributed by atoms with Crippen molar-refractivity contribution >= 4 is 27.8 Å². The first-order chi connectivity index (χ1) is 10.8. The quantitative estimate of drug-likeness (QED) is 0.879. The van der Waals surface area contributed by atoms with Crippen molar-refractivity contribution in [2.75, 3.05) is 4.72 Å². The summed E-state index contributed by atoms with van der Waals surface area (Å²) in [5.41, 5.74) is 2.05. The highest BCUT2D eigenvalue weighted by molar-refractivity contribution is 7.95. The molecule has 2 rings (SSSR count). The molecule has 5 nitrogen and oxygen atoms in total. The number of benzene rings is 2. The van der Waals surface area contributed by atoms with E-state index in [0.717, 1.165) is 16.5 Å². The number of hydrogen-bond donors (Lipinski definition) is 2. The second kappa shape index (κ2) is 6.66. The van der Waals surface area contributed by atoms with E-state index in [1.54, 1.807) is 44.2 Å². The monoisotopic (exact) mass is 331 g/mol. The molecule has 0 bridgehead atoms. The fourth-order valence-electron chi connectivity index (χ4n) is 2.18. The van der Waals surface area contributed by atoms with Crippen molar-refractivity contribution < 1.29 is 18.3 Å². The van der Waals surface area contributed by atoms with Crippen LogP contribution in [-0.4, -0.2) is 19.5 Å². The lowest BCUT2D eigenvalue weighted by Gasteiger charge is -2.12. The van der Waals surface area contributed by atoms with Gasteiger partial charge in [0.2, 0.25) is 0 Å². The fraction of sp³-hybridized carbons (Fsp3) is 0.118. The van der Waals surface area contributed by atoms with Crippen LogP contribution in [0.25, 0.3) is 6.08 Å². The third-order valence-electron chi connectivity index (χ3n) is 3.19. The number of carboxylic acid groups (broad SMARTS) is 1. The molecular formula is C17H17NO4S. The van der Waals surface area contributed by atoms with Crippen LogP contribution in [0.4, 0.5) is 5.69 Å². The molecule has 0 amide bonds. The molecule has 23 heavy (non-hydrogen) atoms. The maximum absolute atomic E-state index is 12.2. The normalized spacial score (nSPS) is 11.6. The number of aryl methyl sites for hydroxylation is 2. The molecule has 2 aromatic carbocycles. The van der Waals surface area contributed by atoms with Gasteiger partial charge in [0.15, 0.2) is 0 Å². The molecule has 0 aliphatic rings. The van der Waals surface area contributed by atoms with Gasteiger partial charge < -0.3 is 5.11 Å². The highest BCUT2D eigenvalue weighted by Gasteiger charge is 2.17. The smallest absolute Gasteiger partial charge is 0.337 e. The van der Waals surface area contributed by atoms with Crippen LogP contribution < -0.4 is 4.72 Å². The molecule has 6 heteroatoms. The van der Waals surface area contributed by atoms with Gasteiger partial charge >= 0.3 is 5.97 Å². The van der Waals surface area contributed by atoms with E-state index in [9.17, 15) is 18.3 Å². The molecule has 120 valence electrons. The molecule has 0 aromatic heterocycles. The van der Waals surface area contributed by atoms with Crippen molar-refractivity contribution in [3.8, 4) is 0 Å². The molecule has 0 spiro atoms. The second-order valence-electron chi connectivity index (χ2n) is 5.17. The fourth-order valence-corrected chi connectivity index (χ4v) is 3.14. The largest absolute Gasteiger partial charge is 0.478 e. The minimum Gasteiger partial charge on any atom is -0.478 e. The average molecular weight is 331 g/mol. The Morgan fingerprint density at radius 1 is 1.13 bits per heavy atom. The third-order valence-corrected chi connectivity index (χ3v) is 4.18. The number of carboxylic acids is 1. The topological polar surface area (TPSA) is 83.5 Å². The summed E-state index contributed by atoms with van der Waals surface area (Å²) in [6, 6.07) is 12.1. The molecule has 2 N–H and O–H groups in total. The lowest BCUT2D eigenvalue weighted by molar-refractivity contribution is 0.0698. The van der Waals surface area contributed by atoms with Crippen molar-refractivity contribution in [3.63, 3.8) is 0 Å². The van der Waals surface area contributed by atoms with E-state index in [-0.39, 0.29) is 11.3 Å². The molecule has 0 fully saturated rings. The zero-order chi connectivity index (χ0) is 17.0. The van der Waals surface area contributed by atoms with Crippen LogP contribution in [0.1, 0.15) is 27.0 Å². The number of sulfonamides is 1. The first-order valence-electron chi connectivity index (χ1n) is 6.89. The number of carbonyl (C=O) groups is 1. The van der Waals surface area contributed by atoms with Crippen LogP contribution in [0.2, 0.25) is 0 Å². The Balaban J connectivity index is 2.34. The molecular weight excluding hydrogens is 314 g/mol. The van der Waals surface area contributed by atoms with Crippen molar-refractivity contribution in [2.24, 2.45) is 0 Å². The third kappa shape index (κ3) is 4.43. The Bertz CT molecular complexity index is 856. The van der Waals surface area contributed by atoms with E-state index in [2.05, 4.69) is 4.72 Å². The van der Waals surface area contributed by atoms with Crippen molar-refractivity contribution in [1.82, 2.24) is 0 Å². The van der Waals surface area contributed by atoms with E-state index in [1.807, 2.05) is 6.07 Å². The van der Waals surface area contributed by atoms with Gasteiger partial charge in [-0.05, 0) is 42.7 Å². The summed E-state index contributed by atoms with van der Waals surface area (Å²) >= 11 is 0. The van der Waals surface area contributed by atoms with Crippen LogP contribution in [-0.2, 0) is 10.0 Å². The standard InChI is InChI=1S/C17H17NO4S/c1-12-10-13(2)16(15(11-12)17(19)20)18-23(21,22)9-8-14-6-4-3-5-7-14/h3-11,18H,1-2H3,(H,19,20)/b9-8+. The molecule has 2 aromatic rings. The van der Waals surface area contributed by atoms with Crippen molar-refractivity contribution in [1.29, 1.82) is 0 Å². The highest BCUT2D eigenvalue weighted by Crippen LogP contribution is 2.24. The van der Waals surface area contributed by atoms with E-state index in [4.69, 9.17) is 0 Å². The van der Waals surface area contributed by atoms with Crippen molar-refractivity contribution in [2.45, 2.75) is 13.8 Å². The maximum Gasteiger partial charge on any atom is 0.337 e. The van der Waals surface area contributed by atoms with Crippen LogP contribution in [0.15, 0.2) is 47.9 Å². The second-order valence-corrected chi connectivity index (χ2v) is 6.74. The summed E-state index contributed by atoms with van der Waals surface area (Å²) in [5, 5.41) is 10.3. The minimum atomic E-state index is -3.82. The molecule has 0 atom stereocenters. The molecule has 0 unspecified atom stereocenters. The molecule has 0 saturated carbocycles. The van der Waals surface area contributed by atoms with Crippen molar-refractivity contribution in [3.05, 3.63) is 70.1 Å². The zero-order valence-electron chi connectivity index (χ0n) is 12.8. The van der Waals surface area contributed by atoms with Gasteiger partial charge in [-0.25, -0.2) is 13.2 Å². The lowest BCUT2D eigenvalue weighted by Crippen LogP contribution is -2.14. The van der Waals surface area contributed by atoms with Gasteiger partial charge in [-0.3, -0.25) is 4.72 Å². The van der Waals surface area contributed by atoms with Crippen LogP contribution in [0, 0.1) is 13.8 Å². The summed E-state index contributed by atoms with van der Waals surface area (Å²) < 4.78 is 26.7. The molecule has 0 aliphatic heterocycles. The van der Waals surface area contributed by atoms with Gasteiger partial charge in [0.1, 0.15) is 0 Å². The summed E-state index contributed by atoms with van der Waals surface area (Å²) in [5.74, 6) is -1.18. The molecule has 0 saturated heterocycles. The summed E-state index contributed by atoms with van der Waals surface area (Å²) in [6.07, 6.45) is 1.45. The number of rotatable bonds is 5. The molecule has 0 aliphatic carbocycles. The number of anilines is 1. The van der Waals surface area contributed by atoms with Gasteiger partial charge in [0.05, 0.1) is 16.7 Å². The molecule has 0 heterocycles. The van der Waals surface area contributed by atoms with Gasteiger partial charge in [0.25, 0.3) is 10.0 Å². The van der Waals surface area contributed by atoms with E-state index >= 15 is 0 Å². The maximum atomic E-state index is 12.2. The Hall–Kier alpha value is -2.60. The predicted molar refractivity (Wildman–Crippen MR) is 90.9 cm³/mol. The van der Waals surface area contributed by atoms with Gasteiger partial charge in [0, 0.05) is 0 Å². The SMILES string of the molecule is Cc1cc(C)c(NS(=O)(=O)/C=C/c2ccccc2)c(C(=O)O)c1. The Labute approximate surface area is 135 Å². The Morgan fingerprint density at radius 3 is 2.39 bits per heavy atom. The first-order valence-corrected chi connectivity index (χ1v) is 8.43. The first kappa shape index (κ1) is 16.8. The summed E-state index contributed by atoms with van der Waals surface area (Å²) in [7, 11) is -3.82. The highest BCUT2D eigenvalue weighted by atomic mass is 32.2. The predicted octanol–water partition coefficient (Wildman–Crippen LogP) is 3.41. The minimum absolute atomic E-state index is 0.0702. The number of hydrogen-bond acceptors (Lipinski definition) is 3. The van der Waals surface area contributed by atoms with Gasteiger partial charge in [-0.15, -0.1) is 0 Å². The van der Waals surface area contributed by atoms with Gasteiger partial charge in [-0.2, -0.15) is 0 Å². The van der Waals surface area contributed by atoms with Crippen LogP contribution in [0.3, 0.4) is 0 Å². The Morgan fingerprint density at radius 2 is 1.78 bits per heavy atom. The zero-order valence-corrected chi connectivity index (χ0v) is 13.6. The van der Waals surface area contributed by atoms with E-state index < -0.39 is 16.0 Å². The lowest BCUT2D eigenvalue weighted by atomic mass is 10.0. The molecule has 0 radical (unpaired) electrons. The van der Waals surface area contributed by atoms with Crippen LogP contribution in [0.5, 0.6) is 0 Å². The number of nitrogens with one attached hydrogen (secondary N) is 1. The number of aromatic carboxylic acids is 1. The summed E-state index contributed by atoms with van der Waals surface area (Å²) in [6.45, 7) is 3.42. The average Bonchev–Trinajstić information content (AvgIpc) is 2.48. The summed E-state index contributed by atoms with van der Waals surface area (Å²) in [4.78, 5) is 11.3. The van der Waals surface area contributed by atoms with Gasteiger partial charge in [-0.1, -0.05) is 36.4 Å². The van der Waals surface area contributed by atoms with E-state index in [1.165, 1.54) is 12.1 Å². The van der Waals surface area contributed by atoms with E-state index in [0.29, 0.717) is 5.56 Å². The Kier molecular flexibility index (Phi) is 4.86.